The van der Waals surface area contributed by atoms with Gasteiger partial charge in [0.05, 0.1) is 38.7 Å². The normalized spacial score (nSPS) is 13.5. The van der Waals surface area contributed by atoms with Crippen molar-refractivity contribution >= 4 is 52.7 Å². The van der Waals surface area contributed by atoms with Gasteiger partial charge in [0.15, 0.2) is 0 Å². The summed E-state index contributed by atoms with van der Waals surface area (Å²) in [5.74, 6) is -5.11. The molecule has 2 aromatic carbocycles. The Hall–Kier alpha value is -2.64. The second-order valence-electron chi connectivity index (χ2n) is 7.55. The Morgan fingerprint density at radius 2 is 1.45 bits per heavy atom. The van der Waals surface area contributed by atoms with Gasteiger partial charge in [0.2, 0.25) is 5.91 Å². The van der Waals surface area contributed by atoms with E-state index < -0.39 is 66.0 Å². The SMILES string of the molecule is O=C(CNC(=O)c1ccc(/C=C/C(c2cc(Cl)c(Cl)c(Cl)c2)C(F)(F)F)cc1C(F)(F)F)NCC(F)(F)F. The lowest BCUT2D eigenvalue weighted by atomic mass is 9.96. The summed E-state index contributed by atoms with van der Waals surface area (Å²) in [5.41, 5.74) is -3.39. The Labute approximate surface area is 223 Å². The molecule has 0 bridgehead atoms. The largest absolute Gasteiger partial charge is 0.417 e. The second kappa shape index (κ2) is 12.0. The van der Waals surface area contributed by atoms with E-state index in [1.54, 1.807) is 5.32 Å². The van der Waals surface area contributed by atoms with Gasteiger partial charge in [-0.3, -0.25) is 9.59 Å². The van der Waals surface area contributed by atoms with Gasteiger partial charge in [-0.05, 0) is 35.4 Å². The first-order valence-corrected chi connectivity index (χ1v) is 11.1. The third kappa shape index (κ3) is 8.98. The van der Waals surface area contributed by atoms with Gasteiger partial charge in [-0.2, -0.15) is 39.5 Å². The van der Waals surface area contributed by atoms with Crippen LogP contribution in [-0.4, -0.2) is 37.3 Å². The van der Waals surface area contributed by atoms with Gasteiger partial charge < -0.3 is 10.6 Å². The molecule has 2 aromatic rings. The zero-order valence-electron chi connectivity index (χ0n) is 18.4. The van der Waals surface area contributed by atoms with Crippen molar-refractivity contribution in [1.29, 1.82) is 0 Å². The lowest BCUT2D eigenvalue weighted by Gasteiger charge is -2.19. The van der Waals surface area contributed by atoms with Crippen LogP contribution in [0.15, 0.2) is 36.4 Å². The Morgan fingerprint density at radius 3 is 1.95 bits per heavy atom. The van der Waals surface area contributed by atoms with Crippen molar-refractivity contribution in [3.05, 3.63) is 73.7 Å². The molecule has 0 aliphatic rings. The van der Waals surface area contributed by atoms with Crippen molar-refractivity contribution in [3.8, 4) is 0 Å². The fourth-order valence-electron chi connectivity index (χ4n) is 2.99. The van der Waals surface area contributed by atoms with Crippen LogP contribution in [0.4, 0.5) is 39.5 Å². The van der Waals surface area contributed by atoms with E-state index in [1.165, 1.54) is 5.32 Å². The summed E-state index contributed by atoms with van der Waals surface area (Å²) >= 11 is 17.3. The van der Waals surface area contributed by atoms with Crippen LogP contribution < -0.4 is 10.6 Å². The van der Waals surface area contributed by atoms with Gasteiger partial charge in [-0.25, -0.2) is 0 Å². The molecule has 0 aliphatic carbocycles. The molecule has 2 rings (SSSR count). The highest BCUT2D eigenvalue weighted by Crippen LogP contribution is 2.41. The third-order valence-electron chi connectivity index (χ3n) is 4.69. The van der Waals surface area contributed by atoms with Gasteiger partial charge in [0.1, 0.15) is 6.54 Å². The third-order valence-corrected chi connectivity index (χ3v) is 5.89. The molecule has 208 valence electrons. The van der Waals surface area contributed by atoms with E-state index in [9.17, 15) is 49.1 Å². The number of carbonyl (C=O) groups is 2. The van der Waals surface area contributed by atoms with Crippen LogP contribution in [0.5, 0.6) is 0 Å². The number of nitrogens with one attached hydrogen (secondary N) is 2. The maximum atomic E-state index is 13.7. The molecule has 16 heteroatoms. The highest BCUT2D eigenvalue weighted by molar-refractivity contribution is 6.48. The predicted octanol–water partition coefficient (Wildman–Crippen LogP) is 7.43. The van der Waals surface area contributed by atoms with Gasteiger partial charge in [0.25, 0.3) is 5.91 Å². The zero-order valence-corrected chi connectivity index (χ0v) is 20.7. The first-order valence-electron chi connectivity index (χ1n) is 10.0. The Morgan fingerprint density at radius 1 is 0.868 bits per heavy atom. The first kappa shape index (κ1) is 31.6. The minimum absolute atomic E-state index is 0.191. The van der Waals surface area contributed by atoms with Gasteiger partial charge in [0, 0.05) is 0 Å². The smallest absolute Gasteiger partial charge is 0.345 e. The van der Waals surface area contributed by atoms with E-state index >= 15 is 0 Å². The molecule has 0 aliphatic heterocycles. The second-order valence-corrected chi connectivity index (χ2v) is 8.75. The maximum Gasteiger partial charge on any atom is 0.417 e. The summed E-state index contributed by atoms with van der Waals surface area (Å²) in [5, 5.41) is 2.42. The van der Waals surface area contributed by atoms with Crippen LogP contribution in [-0.2, 0) is 11.0 Å². The van der Waals surface area contributed by atoms with E-state index in [-0.39, 0.29) is 20.6 Å². The van der Waals surface area contributed by atoms with Crippen LogP contribution >= 0.6 is 34.8 Å². The number of benzene rings is 2. The highest BCUT2D eigenvalue weighted by Gasteiger charge is 2.40. The summed E-state index contributed by atoms with van der Waals surface area (Å²) < 4.78 is 118. The van der Waals surface area contributed by atoms with Gasteiger partial charge in [-0.1, -0.05) is 53.0 Å². The van der Waals surface area contributed by atoms with Crippen LogP contribution in [0.3, 0.4) is 0 Å². The van der Waals surface area contributed by atoms with E-state index in [1.807, 2.05) is 0 Å². The van der Waals surface area contributed by atoms with Gasteiger partial charge >= 0.3 is 18.5 Å². The molecule has 0 radical (unpaired) electrons. The minimum atomic E-state index is -5.16. The summed E-state index contributed by atoms with van der Waals surface area (Å²) in [7, 11) is 0. The van der Waals surface area contributed by atoms with E-state index in [4.69, 9.17) is 34.8 Å². The zero-order chi connectivity index (χ0) is 29.1. The number of halogens is 12. The predicted molar refractivity (Wildman–Crippen MR) is 122 cm³/mol. The number of amides is 2. The van der Waals surface area contributed by atoms with Gasteiger partial charge in [-0.15, -0.1) is 0 Å². The molecule has 0 aromatic heterocycles. The average Bonchev–Trinajstić information content (AvgIpc) is 2.77. The Balaban J connectivity index is 2.33. The molecule has 0 spiro atoms. The standard InChI is InChI=1S/C22H14Cl3F9N2O2/c23-15-6-11(7-16(24)18(15)25)13(21(29,30)31)4-2-10-1-3-12(14(5-10)22(32,33)34)19(38)35-8-17(37)36-9-20(26,27)28/h1-7,13H,8-9H2,(H,35,38)(H,36,37)/b4-2+. The van der Waals surface area contributed by atoms with E-state index in [0.29, 0.717) is 18.2 Å². The van der Waals surface area contributed by atoms with Crippen LogP contribution in [0.25, 0.3) is 6.08 Å². The number of rotatable bonds is 7. The number of alkyl halides is 9. The van der Waals surface area contributed by atoms with Crippen LogP contribution in [0.1, 0.15) is 33.0 Å². The van der Waals surface area contributed by atoms with Crippen molar-refractivity contribution in [2.45, 2.75) is 24.4 Å². The molecule has 0 fully saturated rings. The summed E-state index contributed by atoms with van der Waals surface area (Å²) in [4.78, 5) is 23.6. The summed E-state index contributed by atoms with van der Waals surface area (Å²) in [6, 6.07) is 3.74. The van der Waals surface area contributed by atoms with E-state index in [0.717, 1.165) is 24.3 Å². The van der Waals surface area contributed by atoms with Crippen molar-refractivity contribution in [2.24, 2.45) is 0 Å². The molecule has 2 amide bonds. The van der Waals surface area contributed by atoms with Crippen molar-refractivity contribution in [1.82, 2.24) is 10.6 Å². The lowest BCUT2D eigenvalue weighted by Crippen LogP contribution is -2.41. The molecular weight excluding hydrogens is 602 g/mol. The number of hydrogen-bond acceptors (Lipinski definition) is 2. The average molecular weight is 616 g/mol. The van der Waals surface area contributed by atoms with Crippen molar-refractivity contribution < 1.29 is 49.1 Å². The lowest BCUT2D eigenvalue weighted by molar-refractivity contribution is -0.139. The molecule has 4 nitrogen and oxygen atoms in total. The Kier molecular flexibility index (Phi) is 10.0. The molecular formula is C22H14Cl3F9N2O2. The fourth-order valence-corrected chi connectivity index (χ4v) is 3.60. The Bertz CT molecular complexity index is 1200. The van der Waals surface area contributed by atoms with Crippen LogP contribution in [0, 0.1) is 0 Å². The molecule has 1 atom stereocenters. The quantitative estimate of drug-likeness (QED) is 0.251. The molecule has 0 saturated carbocycles. The van der Waals surface area contributed by atoms with Crippen molar-refractivity contribution in [2.75, 3.05) is 13.1 Å². The number of allylic oxidation sites excluding steroid dienone is 1. The monoisotopic (exact) mass is 614 g/mol. The topological polar surface area (TPSA) is 58.2 Å². The molecule has 0 saturated heterocycles. The maximum absolute atomic E-state index is 13.7. The summed E-state index contributed by atoms with van der Waals surface area (Å²) in [6.07, 6.45) is -13.5. The minimum Gasteiger partial charge on any atom is -0.345 e. The molecule has 38 heavy (non-hydrogen) atoms. The summed E-state index contributed by atoms with van der Waals surface area (Å²) in [6.45, 7) is -2.78. The molecule has 0 heterocycles. The number of carbonyl (C=O) groups excluding carboxylic acids is 2. The highest BCUT2D eigenvalue weighted by atomic mass is 35.5. The molecule has 1 unspecified atom stereocenters. The van der Waals surface area contributed by atoms with Crippen molar-refractivity contribution in [3.63, 3.8) is 0 Å². The molecule has 2 N–H and O–H groups in total. The number of hydrogen-bond donors (Lipinski definition) is 2. The van der Waals surface area contributed by atoms with Crippen LogP contribution in [0.2, 0.25) is 15.1 Å². The fraction of sp³-hybridized carbons (Fsp3) is 0.273. The first-order chi connectivity index (χ1) is 17.3. The van der Waals surface area contributed by atoms with E-state index in [2.05, 4.69) is 0 Å².